The number of morpholine rings is 2. The number of hydrogen-bond donors (Lipinski definition) is 0. The van der Waals surface area contributed by atoms with Crippen LogP contribution in [-0.2, 0) is 14.2 Å². The molecule has 4 atom stereocenters. The topological polar surface area (TPSA) is 82.0 Å². The molecular formula is C23H31N5O4. The molecular weight excluding hydrogens is 410 g/mol. The van der Waals surface area contributed by atoms with Gasteiger partial charge < -0.3 is 24.0 Å². The molecule has 4 fully saturated rings. The maximum absolute atomic E-state index is 13.8. The fourth-order valence-corrected chi connectivity index (χ4v) is 5.63. The quantitative estimate of drug-likeness (QED) is 0.723. The Bertz CT molecular complexity index is 988. The lowest BCUT2D eigenvalue weighted by Gasteiger charge is -2.36. The van der Waals surface area contributed by atoms with Crippen LogP contribution in [0.1, 0.15) is 55.6 Å². The molecule has 2 aromatic heterocycles. The van der Waals surface area contributed by atoms with Crippen molar-refractivity contribution in [1.29, 1.82) is 0 Å². The minimum atomic E-state index is -0.129. The molecule has 9 heteroatoms. The minimum absolute atomic E-state index is 0.0270. The van der Waals surface area contributed by atoms with E-state index in [0.29, 0.717) is 50.6 Å². The first-order valence-electron chi connectivity index (χ1n) is 12.0. The highest BCUT2D eigenvalue weighted by Crippen LogP contribution is 2.36. The summed E-state index contributed by atoms with van der Waals surface area (Å²) in [6.45, 7) is 5.93. The zero-order chi connectivity index (χ0) is 21.7. The van der Waals surface area contributed by atoms with Gasteiger partial charge in [0.2, 0.25) is 0 Å². The highest BCUT2D eigenvalue weighted by atomic mass is 16.5. The van der Waals surface area contributed by atoms with Crippen LogP contribution in [0.2, 0.25) is 0 Å². The van der Waals surface area contributed by atoms with Gasteiger partial charge in [-0.25, -0.2) is 9.67 Å². The summed E-state index contributed by atoms with van der Waals surface area (Å²) in [5.41, 5.74) is 1.41. The predicted molar refractivity (Wildman–Crippen MR) is 118 cm³/mol. The van der Waals surface area contributed by atoms with Crippen LogP contribution in [0, 0.1) is 0 Å². The Morgan fingerprint density at radius 2 is 1.91 bits per heavy atom. The molecule has 0 saturated carbocycles. The Kier molecular flexibility index (Phi) is 5.27. The van der Waals surface area contributed by atoms with Gasteiger partial charge in [-0.2, -0.15) is 5.10 Å². The van der Waals surface area contributed by atoms with Crippen molar-refractivity contribution in [2.24, 2.45) is 0 Å². The van der Waals surface area contributed by atoms with Gasteiger partial charge in [-0.15, -0.1) is 0 Å². The average molecular weight is 442 g/mol. The first-order chi connectivity index (χ1) is 15.7. The molecule has 0 N–H and O–H groups in total. The lowest BCUT2D eigenvalue weighted by molar-refractivity contribution is -0.0370. The number of carbonyl (C=O) groups is 1. The van der Waals surface area contributed by atoms with Crippen LogP contribution < -0.4 is 4.90 Å². The van der Waals surface area contributed by atoms with Gasteiger partial charge in [-0.05, 0) is 45.1 Å². The second kappa shape index (κ2) is 8.28. The molecule has 32 heavy (non-hydrogen) atoms. The molecule has 0 aliphatic carbocycles. The lowest BCUT2D eigenvalue weighted by Crippen LogP contribution is -2.48. The highest BCUT2D eigenvalue weighted by molar-refractivity contribution is 6.06. The standard InChI is InChI=1S/C23H31N5O4/c1-15-12-30-9-7-26(15)23(29)18-10-20(27-16-5-6-17(27)14-31-13-16)25-22-19(18)11-24-28(22)21-4-2-3-8-32-21/h10-11,15-17,21H,2-9,12-14H2,1H3. The molecule has 9 nitrogen and oxygen atoms in total. The minimum Gasteiger partial charge on any atom is -0.377 e. The van der Waals surface area contributed by atoms with Crippen LogP contribution in [0.15, 0.2) is 12.3 Å². The van der Waals surface area contributed by atoms with Crippen molar-refractivity contribution < 1.29 is 19.0 Å². The summed E-state index contributed by atoms with van der Waals surface area (Å²) < 4.78 is 19.3. The monoisotopic (exact) mass is 441 g/mol. The molecule has 4 aliphatic heterocycles. The number of anilines is 1. The molecule has 4 saturated heterocycles. The van der Waals surface area contributed by atoms with Gasteiger partial charge in [-0.3, -0.25) is 4.79 Å². The third-order valence-corrected chi connectivity index (χ3v) is 7.35. The Morgan fingerprint density at radius 3 is 2.66 bits per heavy atom. The smallest absolute Gasteiger partial charge is 0.255 e. The molecule has 0 spiro atoms. The number of rotatable bonds is 3. The number of hydrogen-bond acceptors (Lipinski definition) is 7. The van der Waals surface area contributed by atoms with E-state index in [-0.39, 0.29) is 18.2 Å². The van der Waals surface area contributed by atoms with E-state index in [1.165, 1.54) is 0 Å². The number of carbonyl (C=O) groups excluding carboxylic acids is 1. The average Bonchev–Trinajstić information content (AvgIpc) is 3.36. The van der Waals surface area contributed by atoms with E-state index in [1.54, 1.807) is 6.20 Å². The fraction of sp³-hybridized carbons (Fsp3) is 0.696. The number of ether oxygens (including phenoxy) is 3. The summed E-state index contributed by atoms with van der Waals surface area (Å²) >= 11 is 0. The maximum Gasteiger partial charge on any atom is 0.255 e. The zero-order valence-corrected chi connectivity index (χ0v) is 18.6. The molecule has 0 radical (unpaired) electrons. The molecule has 1 amide bonds. The summed E-state index contributed by atoms with van der Waals surface area (Å²) in [4.78, 5) is 23.1. The van der Waals surface area contributed by atoms with Crippen LogP contribution in [0.5, 0.6) is 0 Å². The number of fused-ring (bicyclic) bond motifs is 3. The molecule has 2 aromatic rings. The zero-order valence-electron chi connectivity index (χ0n) is 18.6. The second-order valence-corrected chi connectivity index (χ2v) is 9.43. The molecule has 2 bridgehead atoms. The SMILES string of the molecule is CC1COCCN1C(=O)c1cc(N2C3CCC2COC3)nc2c1cnn2C1CCCCO1. The van der Waals surface area contributed by atoms with E-state index in [0.717, 1.165) is 55.6 Å². The van der Waals surface area contributed by atoms with Crippen LogP contribution in [0.3, 0.4) is 0 Å². The molecule has 172 valence electrons. The van der Waals surface area contributed by atoms with Crippen LogP contribution in [0.25, 0.3) is 11.0 Å². The van der Waals surface area contributed by atoms with Gasteiger partial charge in [0, 0.05) is 13.2 Å². The van der Waals surface area contributed by atoms with E-state index >= 15 is 0 Å². The Balaban J connectivity index is 1.46. The van der Waals surface area contributed by atoms with Crippen molar-refractivity contribution in [2.45, 2.75) is 63.4 Å². The van der Waals surface area contributed by atoms with Crippen molar-refractivity contribution in [3.05, 3.63) is 17.8 Å². The van der Waals surface area contributed by atoms with Gasteiger partial charge in [0.25, 0.3) is 5.91 Å². The van der Waals surface area contributed by atoms with Gasteiger partial charge in [-0.1, -0.05) is 0 Å². The third kappa shape index (κ3) is 3.38. The molecule has 4 aliphatic rings. The van der Waals surface area contributed by atoms with Crippen LogP contribution in [-0.4, -0.2) is 83.3 Å². The second-order valence-electron chi connectivity index (χ2n) is 9.43. The van der Waals surface area contributed by atoms with Gasteiger partial charge in [0.15, 0.2) is 11.9 Å². The predicted octanol–water partition coefficient (Wildman–Crippen LogP) is 2.36. The molecule has 6 rings (SSSR count). The number of pyridine rings is 1. The summed E-state index contributed by atoms with van der Waals surface area (Å²) in [6, 6.07) is 2.65. The van der Waals surface area contributed by atoms with E-state index in [1.807, 2.05) is 22.6 Å². The summed E-state index contributed by atoms with van der Waals surface area (Å²) in [5.74, 6) is 0.884. The summed E-state index contributed by atoms with van der Waals surface area (Å²) in [6.07, 6.45) is 6.94. The number of aromatic nitrogens is 3. The lowest BCUT2D eigenvalue weighted by atomic mass is 10.1. The normalized spacial score (nSPS) is 30.8. The Labute approximate surface area is 187 Å². The van der Waals surface area contributed by atoms with E-state index in [2.05, 4.69) is 10.00 Å². The molecule has 0 aromatic carbocycles. The van der Waals surface area contributed by atoms with E-state index < -0.39 is 0 Å². The fourth-order valence-electron chi connectivity index (χ4n) is 5.63. The van der Waals surface area contributed by atoms with Crippen molar-refractivity contribution in [1.82, 2.24) is 19.7 Å². The van der Waals surface area contributed by atoms with Gasteiger partial charge >= 0.3 is 0 Å². The third-order valence-electron chi connectivity index (χ3n) is 7.35. The largest absolute Gasteiger partial charge is 0.377 e. The Morgan fingerprint density at radius 1 is 1.06 bits per heavy atom. The van der Waals surface area contributed by atoms with Crippen LogP contribution >= 0.6 is 0 Å². The Hall–Kier alpha value is -2.23. The molecule has 6 heterocycles. The van der Waals surface area contributed by atoms with Crippen molar-refractivity contribution >= 4 is 22.8 Å². The summed E-state index contributed by atoms with van der Waals surface area (Å²) in [5, 5.41) is 5.46. The molecule has 4 unspecified atom stereocenters. The van der Waals surface area contributed by atoms with E-state index in [9.17, 15) is 4.79 Å². The van der Waals surface area contributed by atoms with Crippen LogP contribution in [0.4, 0.5) is 5.82 Å². The first kappa shape index (κ1) is 20.4. The van der Waals surface area contributed by atoms with Gasteiger partial charge in [0.1, 0.15) is 5.82 Å². The number of nitrogens with zero attached hydrogens (tertiary/aromatic N) is 5. The highest BCUT2D eigenvalue weighted by Gasteiger charge is 2.39. The van der Waals surface area contributed by atoms with Gasteiger partial charge in [0.05, 0.1) is 61.7 Å². The summed E-state index contributed by atoms with van der Waals surface area (Å²) in [7, 11) is 0. The van der Waals surface area contributed by atoms with Crippen molar-refractivity contribution in [2.75, 3.05) is 44.5 Å². The van der Waals surface area contributed by atoms with E-state index in [4.69, 9.17) is 19.2 Å². The van der Waals surface area contributed by atoms with Crippen molar-refractivity contribution in [3.63, 3.8) is 0 Å². The first-order valence-corrected chi connectivity index (χ1v) is 12.0. The maximum atomic E-state index is 13.8. The van der Waals surface area contributed by atoms with Crippen molar-refractivity contribution in [3.8, 4) is 0 Å². The number of amides is 1.